The lowest BCUT2D eigenvalue weighted by molar-refractivity contribution is -0.660. The standard InChI is InChI=1S/2C26H28N.3C26H30N/c2*1-18-5-3-4-6-24(18)26-17-21(13-14-27(26)2)20-9-7-19(8-10-20)15-25-22-11-12-23(25)16-22;2*1-20-9-6-7-14-25(20)26-19-24(15-16-27(26)2)23-13-8-12-22(18-23)17-21-10-4-3-5-11-21;1-20-8-6-7-11-25(20)26-19-24(16-17-27(26)2)23-14-12-22(13-15-23)18-21-9-4-3-5-10-21/h2*3-10,13-14,17,22-23,25H,11-12,15-16H2,1-2H3;2*6-9,12-16,18-19,21H,3-5,10-11,17H2,1-2H3;6-8,11-17,19,21H,3-5,9-10,18H2,1-2H3/q5*+1/i15D2;;17D2;;18D2. The van der Waals surface area contributed by atoms with Crippen LogP contribution < -0.4 is 22.8 Å². The third-order valence-electron chi connectivity index (χ3n) is 31.3. The van der Waals surface area contributed by atoms with Crippen LogP contribution in [0.15, 0.2) is 334 Å². The highest BCUT2D eigenvalue weighted by Gasteiger charge is 2.47. The van der Waals surface area contributed by atoms with Crippen LogP contribution in [0.25, 0.3) is 112 Å². The molecule has 9 fully saturated rings. The summed E-state index contributed by atoms with van der Waals surface area (Å²) in [7, 11) is 10.5. The molecule has 5 nitrogen and oxygen atoms in total. The second kappa shape index (κ2) is 44.2. The van der Waals surface area contributed by atoms with Gasteiger partial charge in [0.1, 0.15) is 35.2 Å². The molecule has 9 aliphatic rings. The van der Waals surface area contributed by atoms with Gasteiger partial charge in [0.25, 0.3) is 0 Å². The third kappa shape index (κ3) is 23.0. The van der Waals surface area contributed by atoms with E-state index in [0.29, 0.717) is 11.8 Å². The van der Waals surface area contributed by atoms with Crippen molar-refractivity contribution in [3.8, 4) is 112 Å². The van der Waals surface area contributed by atoms with Gasteiger partial charge >= 0.3 is 0 Å². The molecule has 5 heteroatoms. The Morgan fingerprint density at radius 3 is 0.807 bits per heavy atom. The van der Waals surface area contributed by atoms with Crippen LogP contribution in [0.2, 0.25) is 0 Å². The molecule has 9 aliphatic carbocycles. The highest BCUT2D eigenvalue weighted by Crippen LogP contribution is 2.56. The summed E-state index contributed by atoms with van der Waals surface area (Å²) in [4.78, 5) is 0. The molecule has 24 rings (SSSR count). The molecule has 9 saturated carbocycles. The van der Waals surface area contributed by atoms with Crippen molar-refractivity contribution in [3.63, 3.8) is 0 Å². The Kier molecular flexibility index (Phi) is 28.1. The van der Waals surface area contributed by atoms with Crippen molar-refractivity contribution in [2.45, 2.75) is 201 Å². The Bertz CT molecular complexity index is 6810. The molecule has 15 aromatic rings. The first kappa shape index (κ1) is 85.8. The topological polar surface area (TPSA) is 19.4 Å². The monoisotopic (exact) mass is 1780 g/mol. The van der Waals surface area contributed by atoms with Gasteiger partial charge in [0.05, 0.1) is 0 Å². The van der Waals surface area contributed by atoms with Gasteiger partial charge in [-0.05, 0) is 300 Å². The fourth-order valence-electron chi connectivity index (χ4n) is 23.0. The van der Waals surface area contributed by atoms with E-state index in [1.807, 2.05) is 36.4 Å². The molecule has 0 spiro atoms. The van der Waals surface area contributed by atoms with E-state index in [4.69, 9.17) is 8.22 Å². The van der Waals surface area contributed by atoms with Gasteiger partial charge in [0.15, 0.2) is 31.0 Å². The van der Waals surface area contributed by atoms with E-state index >= 15 is 0 Å². The van der Waals surface area contributed by atoms with Crippen LogP contribution in [0, 0.1) is 87.9 Å². The van der Waals surface area contributed by atoms with Gasteiger partial charge < -0.3 is 0 Å². The van der Waals surface area contributed by atoms with Crippen LogP contribution in [0.5, 0.6) is 0 Å². The second-order valence-corrected chi connectivity index (χ2v) is 40.6. The molecule has 0 radical (unpaired) electrons. The van der Waals surface area contributed by atoms with Gasteiger partial charge in [0.2, 0.25) is 28.5 Å². The number of hydrogen-bond donors (Lipinski definition) is 0. The molecule has 135 heavy (non-hydrogen) atoms. The number of aromatic nitrogens is 5. The molecule has 0 saturated heterocycles. The van der Waals surface area contributed by atoms with E-state index in [2.05, 4.69) is 391 Å². The SMILES string of the molecule is Cc1ccccc1-c1cc(-c2ccc(CC3C4CCC3C4)cc2)cc[n+]1C.Cc1ccccc1-c1cc(-c2cccc(CC3CCCCC3)c2)cc[n+]1C.[2H]C([2H])(c1ccc(-c2cc[n+](C)c(-c3ccccc3C)c2)cc1)C1C2CCC1C2.[2H]C([2H])(c1ccc(-c2cc[n+](C)c(-c3ccccc3C)c2)cc1)C1CCCCC1.[2H]C([2H])(c1cccc(-c2cc[n+](C)c(-c3ccccc3C)c2)c1)C1CCCCC1. The molecular weight excluding hydrogens is 1630 g/mol. The zero-order valence-electron chi connectivity index (χ0n) is 87.9. The van der Waals surface area contributed by atoms with Crippen molar-refractivity contribution in [2.75, 3.05) is 0 Å². The average molecular weight is 1780 g/mol. The Morgan fingerprint density at radius 1 is 0.215 bits per heavy atom. The Balaban J connectivity index is 0.000000117. The highest BCUT2D eigenvalue weighted by atomic mass is 14.9. The molecule has 10 aromatic carbocycles. The normalized spacial score (nSPS) is 19.3. The molecule has 5 heterocycles. The largest absolute Gasteiger partial charge is 0.213 e. The van der Waals surface area contributed by atoms with Gasteiger partial charge in [0, 0.05) is 96.7 Å². The van der Waals surface area contributed by atoms with Gasteiger partial charge in [-0.25, -0.2) is 22.8 Å². The van der Waals surface area contributed by atoms with E-state index in [1.54, 1.807) is 0 Å². The first-order valence-corrected chi connectivity index (χ1v) is 51.1. The summed E-state index contributed by atoms with van der Waals surface area (Å²) in [5.41, 5.74) is 36.3. The van der Waals surface area contributed by atoms with Gasteiger partial charge in [-0.15, -0.1) is 0 Å². The minimum Gasteiger partial charge on any atom is -0.201 e. The fourth-order valence-corrected chi connectivity index (χ4v) is 23.0. The molecule has 4 atom stereocenters. The van der Waals surface area contributed by atoms with Gasteiger partial charge in [-0.3, -0.25) is 0 Å². The van der Waals surface area contributed by atoms with E-state index < -0.39 is 19.1 Å². The Labute approximate surface area is 817 Å². The molecule has 686 valence electrons. The molecule has 5 aromatic heterocycles. The van der Waals surface area contributed by atoms with Crippen molar-refractivity contribution in [1.82, 2.24) is 0 Å². The number of aryl methyl sites for hydroxylation is 10. The number of fused-ring (bicyclic) bond motifs is 2. The summed E-state index contributed by atoms with van der Waals surface area (Å²) in [5.74, 6) is 5.59. The first-order chi connectivity index (χ1) is 68.3. The van der Waals surface area contributed by atoms with E-state index in [1.165, 1.54) is 214 Å². The summed E-state index contributed by atoms with van der Waals surface area (Å²) in [6, 6.07) is 108. The number of pyridine rings is 5. The van der Waals surface area contributed by atoms with Crippen molar-refractivity contribution >= 4 is 0 Å². The van der Waals surface area contributed by atoms with Gasteiger partial charge in [-0.1, -0.05) is 309 Å². The van der Waals surface area contributed by atoms with E-state index in [9.17, 15) is 0 Å². The minimum atomic E-state index is -1.27. The first-order valence-electron chi connectivity index (χ1n) is 54.1. The summed E-state index contributed by atoms with van der Waals surface area (Å²) < 4.78 is 63.5. The highest BCUT2D eigenvalue weighted by molar-refractivity contribution is 5.76. The van der Waals surface area contributed by atoms with Crippen LogP contribution in [0.3, 0.4) is 0 Å². The smallest absolute Gasteiger partial charge is 0.201 e. The predicted octanol–water partition coefficient (Wildman–Crippen LogP) is 30.3. The van der Waals surface area contributed by atoms with Crippen LogP contribution in [-0.4, -0.2) is 0 Å². The maximum absolute atomic E-state index is 8.82. The van der Waals surface area contributed by atoms with Crippen LogP contribution in [0.1, 0.15) is 199 Å². The van der Waals surface area contributed by atoms with Crippen LogP contribution in [-0.2, 0) is 67.2 Å². The summed E-state index contributed by atoms with van der Waals surface area (Å²) in [6.07, 6.45) is 35.8. The average Bonchev–Trinajstić information content (AvgIpc) is 1.55. The zero-order chi connectivity index (χ0) is 98.1. The van der Waals surface area contributed by atoms with Crippen molar-refractivity contribution in [3.05, 3.63) is 390 Å². The van der Waals surface area contributed by atoms with E-state index in [0.717, 1.165) is 125 Å². The molecule has 4 bridgehead atoms. The summed E-state index contributed by atoms with van der Waals surface area (Å²) in [6.45, 7) is 10.8. The summed E-state index contributed by atoms with van der Waals surface area (Å²) >= 11 is 0. The Morgan fingerprint density at radius 2 is 0.481 bits per heavy atom. The van der Waals surface area contributed by atoms with Gasteiger partial charge in [-0.2, -0.15) is 0 Å². The number of hydrogen-bond acceptors (Lipinski definition) is 0. The quantitative estimate of drug-likeness (QED) is 0.0678. The van der Waals surface area contributed by atoms with E-state index in [-0.39, 0.29) is 17.8 Å². The predicted molar refractivity (Wildman–Crippen MR) is 563 cm³/mol. The van der Waals surface area contributed by atoms with Crippen LogP contribution in [0.4, 0.5) is 0 Å². The third-order valence-corrected chi connectivity index (χ3v) is 31.3. The minimum absolute atomic E-state index is 0.127. The molecule has 0 aliphatic heterocycles. The lowest BCUT2D eigenvalue weighted by Crippen LogP contribution is -2.30. The van der Waals surface area contributed by atoms with Crippen molar-refractivity contribution in [1.29, 1.82) is 0 Å². The molecular formula is C130H146N5+5. The molecule has 0 amide bonds. The lowest BCUT2D eigenvalue weighted by Gasteiger charge is -2.36. The number of nitrogens with zero attached hydrogens (tertiary/aromatic N) is 5. The second-order valence-electron chi connectivity index (χ2n) is 40.6. The fraction of sp³-hybridized carbons (Fsp3) is 0.346. The van der Waals surface area contributed by atoms with Crippen molar-refractivity contribution in [2.24, 2.45) is 88.5 Å². The molecule has 0 N–H and O–H groups in total. The zero-order valence-corrected chi connectivity index (χ0v) is 81.9. The maximum Gasteiger partial charge on any atom is 0.213 e. The maximum atomic E-state index is 8.82. The Hall–Kier alpha value is -12.1. The number of benzene rings is 10. The lowest BCUT2D eigenvalue weighted by atomic mass is 9.69. The number of rotatable bonds is 20. The van der Waals surface area contributed by atoms with Crippen LogP contribution >= 0.6 is 0 Å². The summed E-state index contributed by atoms with van der Waals surface area (Å²) in [5, 5.41) is 0. The van der Waals surface area contributed by atoms with Crippen molar-refractivity contribution < 1.29 is 31.1 Å². The molecule has 4 unspecified atom stereocenters.